The predicted molar refractivity (Wildman–Crippen MR) is 88.9 cm³/mol. The van der Waals surface area contributed by atoms with E-state index in [-0.39, 0.29) is 0 Å². The van der Waals surface area contributed by atoms with Crippen molar-refractivity contribution in [2.45, 2.75) is 45.0 Å². The molecule has 3 rings (SSSR count). The Bertz CT molecular complexity index is 507. The number of nitrogens with zero attached hydrogens (tertiary/aromatic N) is 7. The minimum Gasteiger partial charge on any atom is -0.349 e. The minimum atomic E-state index is 0.635. The molecule has 1 atom stereocenters. The molecule has 3 heterocycles. The first kappa shape index (κ1) is 15.7. The average molecular weight is 323 g/mol. The normalized spacial score (nSPS) is 23.1. The van der Waals surface area contributed by atoms with Crippen molar-refractivity contribution in [3.8, 4) is 0 Å². The second kappa shape index (κ2) is 7.41. The molecule has 1 aromatic rings. The molecular formula is C14H25N7S. The van der Waals surface area contributed by atoms with Crippen molar-refractivity contribution in [3.63, 3.8) is 0 Å². The van der Waals surface area contributed by atoms with Gasteiger partial charge in [0.15, 0.2) is 11.0 Å². The fraction of sp³-hybridized carbons (Fsp3) is 0.857. The molecule has 8 heteroatoms. The van der Waals surface area contributed by atoms with Crippen LogP contribution in [0, 0.1) is 0 Å². The van der Waals surface area contributed by atoms with Gasteiger partial charge in [-0.05, 0) is 16.8 Å². The Hall–Kier alpha value is -1.15. The molecule has 0 bridgehead atoms. The van der Waals surface area contributed by atoms with Crippen LogP contribution in [-0.2, 0) is 13.1 Å². The molecule has 1 saturated heterocycles. The molecule has 0 aliphatic carbocycles. The van der Waals surface area contributed by atoms with E-state index >= 15 is 0 Å². The lowest BCUT2D eigenvalue weighted by Gasteiger charge is -2.35. The first-order valence-corrected chi connectivity index (χ1v) is 9.07. The molecule has 1 aromatic heterocycles. The Morgan fingerprint density at radius 2 is 2.05 bits per heavy atom. The molecule has 7 nitrogen and oxygen atoms in total. The van der Waals surface area contributed by atoms with E-state index in [0.717, 1.165) is 64.5 Å². The van der Waals surface area contributed by atoms with E-state index < -0.39 is 0 Å². The summed E-state index contributed by atoms with van der Waals surface area (Å²) in [5.74, 6) is 0.989. The molecule has 2 aliphatic heterocycles. The van der Waals surface area contributed by atoms with Crippen LogP contribution >= 0.6 is 11.8 Å². The van der Waals surface area contributed by atoms with Gasteiger partial charge in [0.1, 0.15) is 0 Å². The first-order valence-electron chi connectivity index (χ1n) is 8.19. The van der Waals surface area contributed by atoms with Crippen LogP contribution in [0.15, 0.2) is 4.99 Å². The second-order valence-electron chi connectivity index (χ2n) is 5.99. The second-order valence-corrected chi connectivity index (χ2v) is 7.39. The van der Waals surface area contributed by atoms with E-state index in [1.165, 1.54) is 5.17 Å². The number of aryl methyl sites for hydroxylation is 1. The number of aromatic nitrogens is 4. The van der Waals surface area contributed by atoms with Gasteiger partial charge in [-0.2, -0.15) is 0 Å². The van der Waals surface area contributed by atoms with Crippen molar-refractivity contribution in [2.75, 3.05) is 32.7 Å². The topological polar surface area (TPSA) is 62.4 Å². The molecule has 0 amide bonds. The van der Waals surface area contributed by atoms with Crippen molar-refractivity contribution in [1.82, 2.24) is 30.0 Å². The lowest BCUT2D eigenvalue weighted by Crippen LogP contribution is -2.47. The van der Waals surface area contributed by atoms with E-state index in [1.807, 2.05) is 16.4 Å². The van der Waals surface area contributed by atoms with Gasteiger partial charge >= 0.3 is 0 Å². The molecule has 2 aliphatic rings. The largest absolute Gasteiger partial charge is 0.349 e. The zero-order chi connectivity index (χ0) is 15.4. The highest BCUT2D eigenvalue weighted by Crippen LogP contribution is 2.23. The standard InChI is InChI=1S/C14H25N7S/c1-3-4-5-21-13(16-17-18-21)11-19-6-8-20(9-7-19)14-15-10-12(2)22-14/h12H,3-11H2,1-2H3. The van der Waals surface area contributed by atoms with Crippen LogP contribution < -0.4 is 0 Å². The molecule has 22 heavy (non-hydrogen) atoms. The lowest BCUT2D eigenvalue weighted by atomic mass is 10.3. The van der Waals surface area contributed by atoms with Crippen LogP contribution in [0.2, 0.25) is 0 Å². The van der Waals surface area contributed by atoms with Crippen molar-refractivity contribution in [3.05, 3.63) is 5.82 Å². The zero-order valence-corrected chi connectivity index (χ0v) is 14.3. The molecule has 0 aromatic carbocycles. The maximum absolute atomic E-state index is 4.64. The highest BCUT2D eigenvalue weighted by molar-refractivity contribution is 8.14. The van der Waals surface area contributed by atoms with Gasteiger partial charge in [0.05, 0.1) is 13.1 Å². The van der Waals surface area contributed by atoms with Crippen LogP contribution in [-0.4, -0.2) is 73.1 Å². The quantitative estimate of drug-likeness (QED) is 0.808. The summed E-state index contributed by atoms with van der Waals surface area (Å²) in [6, 6.07) is 0. The maximum Gasteiger partial charge on any atom is 0.165 e. The Kier molecular flexibility index (Phi) is 5.30. The number of hydrogen-bond donors (Lipinski definition) is 0. The Morgan fingerprint density at radius 3 is 2.73 bits per heavy atom. The van der Waals surface area contributed by atoms with E-state index in [4.69, 9.17) is 0 Å². The van der Waals surface area contributed by atoms with Gasteiger partial charge in [-0.3, -0.25) is 9.89 Å². The Balaban J connectivity index is 1.49. The fourth-order valence-electron chi connectivity index (χ4n) is 2.75. The van der Waals surface area contributed by atoms with Gasteiger partial charge in [-0.1, -0.05) is 32.0 Å². The summed E-state index contributed by atoms with van der Waals surface area (Å²) >= 11 is 1.91. The van der Waals surface area contributed by atoms with Crippen molar-refractivity contribution < 1.29 is 0 Å². The summed E-state index contributed by atoms with van der Waals surface area (Å²) in [5, 5.41) is 14.0. The predicted octanol–water partition coefficient (Wildman–Crippen LogP) is 1.08. The minimum absolute atomic E-state index is 0.635. The third-order valence-electron chi connectivity index (χ3n) is 4.13. The number of tetrazole rings is 1. The van der Waals surface area contributed by atoms with Crippen molar-refractivity contribution in [1.29, 1.82) is 0 Å². The molecule has 1 unspecified atom stereocenters. The van der Waals surface area contributed by atoms with Gasteiger partial charge in [-0.15, -0.1) is 5.10 Å². The zero-order valence-electron chi connectivity index (χ0n) is 13.5. The van der Waals surface area contributed by atoms with Gasteiger partial charge in [-0.25, -0.2) is 4.68 Å². The summed E-state index contributed by atoms with van der Waals surface area (Å²) in [6.07, 6.45) is 2.29. The van der Waals surface area contributed by atoms with Gasteiger partial charge in [0.25, 0.3) is 0 Å². The maximum atomic E-state index is 4.64. The molecule has 0 saturated carbocycles. The number of piperazine rings is 1. The average Bonchev–Trinajstić information content (AvgIpc) is 3.15. The number of hydrogen-bond acceptors (Lipinski definition) is 7. The van der Waals surface area contributed by atoms with Crippen LogP contribution in [0.25, 0.3) is 0 Å². The van der Waals surface area contributed by atoms with E-state index in [2.05, 4.69) is 44.2 Å². The number of unbranched alkanes of at least 4 members (excludes halogenated alkanes) is 1. The molecule has 0 radical (unpaired) electrons. The van der Waals surface area contributed by atoms with E-state index in [9.17, 15) is 0 Å². The third kappa shape index (κ3) is 3.78. The SMILES string of the molecule is CCCCn1nnnc1CN1CCN(C2=NCC(C)S2)CC1. The third-order valence-corrected chi connectivity index (χ3v) is 5.28. The smallest absolute Gasteiger partial charge is 0.165 e. The fourth-order valence-corrected chi connectivity index (χ4v) is 3.74. The van der Waals surface area contributed by atoms with Crippen LogP contribution in [0.3, 0.4) is 0 Å². The van der Waals surface area contributed by atoms with Crippen molar-refractivity contribution >= 4 is 16.9 Å². The molecular weight excluding hydrogens is 298 g/mol. The highest BCUT2D eigenvalue weighted by atomic mass is 32.2. The molecule has 0 spiro atoms. The summed E-state index contributed by atoms with van der Waals surface area (Å²) in [7, 11) is 0. The van der Waals surface area contributed by atoms with Crippen LogP contribution in [0.1, 0.15) is 32.5 Å². The monoisotopic (exact) mass is 323 g/mol. The van der Waals surface area contributed by atoms with E-state index in [1.54, 1.807) is 0 Å². The number of amidine groups is 1. The summed E-state index contributed by atoms with van der Waals surface area (Å²) < 4.78 is 1.95. The lowest BCUT2D eigenvalue weighted by molar-refractivity contribution is 0.171. The number of rotatable bonds is 5. The summed E-state index contributed by atoms with van der Waals surface area (Å²) in [4.78, 5) is 9.50. The summed E-state index contributed by atoms with van der Waals surface area (Å²) in [5.41, 5.74) is 0. The number of aliphatic imine (C=N–C) groups is 1. The summed E-state index contributed by atoms with van der Waals surface area (Å²) in [6.45, 7) is 11.4. The molecule has 122 valence electrons. The van der Waals surface area contributed by atoms with Gasteiger partial charge in [0.2, 0.25) is 0 Å². The van der Waals surface area contributed by atoms with Gasteiger partial charge in [0, 0.05) is 38.0 Å². The van der Waals surface area contributed by atoms with Crippen molar-refractivity contribution in [2.24, 2.45) is 4.99 Å². The van der Waals surface area contributed by atoms with Gasteiger partial charge < -0.3 is 4.90 Å². The Morgan fingerprint density at radius 1 is 1.23 bits per heavy atom. The molecule has 1 fully saturated rings. The van der Waals surface area contributed by atoms with Crippen LogP contribution in [0.4, 0.5) is 0 Å². The van der Waals surface area contributed by atoms with E-state index in [0.29, 0.717) is 5.25 Å². The highest BCUT2D eigenvalue weighted by Gasteiger charge is 2.25. The Labute approximate surface area is 136 Å². The first-order chi connectivity index (χ1) is 10.8. The van der Waals surface area contributed by atoms with Crippen LogP contribution in [0.5, 0.6) is 0 Å². The number of thioether (sulfide) groups is 1. The molecule has 0 N–H and O–H groups in total.